The Bertz CT molecular complexity index is 1080. The molecule has 0 saturated carbocycles. The van der Waals surface area contributed by atoms with E-state index in [1.165, 1.54) is 12.1 Å². The van der Waals surface area contributed by atoms with Gasteiger partial charge in [-0.3, -0.25) is 19.8 Å². The van der Waals surface area contributed by atoms with E-state index in [1.807, 2.05) is 0 Å². The van der Waals surface area contributed by atoms with Gasteiger partial charge in [0.1, 0.15) is 5.82 Å². The molecule has 0 unspecified atom stereocenters. The second-order valence-corrected chi connectivity index (χ2v) is 7.15. The highest BCUT2D eigenvalue weighted by molar-refractivity contribution is 6.31. The molecule has 1 aliphatic heterocycles. The van der Waals surface area contributed by atoms with Crippen LogP contribution >= 0.6 is 11.6 Å². The third-order valence-electron chi connectivity index (χ3n) is 4.89. The van der Waals surface area contributed by atoms with Crippen molar-refractivity contribution in [3.8, 4) is 0 Å². The van der Waals surface area contributed by atoms with Crippen molar-refractivity contribution in [2.45, 2.75) is 6.54 Å². The van der Waals surface area contributed by atoms with Crippen molar-refractivity contribution in [3.63, 3.8) is 0 Å². The number of nitrogens with one attached hydrogen (secondary N) is 1. The first-order valence-electron chi connectivity index (χ1n) is 8.90. The molecule has 1 fully saturated rings. The van der Waals surface area contributed by atoms with Crippen molar-refractivity contribution in [1.82, 2.24) is 14.9 Å². The molecular weight excluding hydrogens is 382 g/mol. The quantitative estimate of drug-likeness (QED) is 0.535. The van der Waals surface area contributed by atoms with Gasteiger partial charge in [-0.15, -0.1) is 0 Å². The highest BCUT2D eigenvalue weighted by Crippen LogP contribution is 2.21. The van der Waals surface area contributed by atoms with Gasteiger partial charge in [-0.1, -0.05) is 11.6 Å². The Morgan fingerprint density at radius 1 is 1.11 bits per heavy atom. The molecule has 2 aromatic carbocycles. The topological polar surface area (TPSA) is 95.4 Å². The van der Waals surface area contributed by atoms with Gasteiger partial charge in [0.2, 0.25) is 0 Å². The smallest absolute Gasteiger partial charge is 0.269 e. The molecule has 3 aromatic rings. The number of fused-ring (bicyclic) bond motifs is 1. The van der Waals surface area contributed by atoms with Crippen LogP contribution in [0.4, 0.5) is 11.4 Å². The molecule has 4 rings (SSSR count). The minimum absolute atomic E-state index is 0.0926. The van der Waals surface area contributed by atoms with E-state index < -0.39 is 4.92 Å². The van der Waals surface area contributed by atoms with Crippen LogP contribution in [0.3, 0.4) is 0 Å². The van der Waals surface area contributed by atoms with Gasteiger partial charge in [0.25, 0.3) is 11.2 Å². The monoisotopic (exact) mass is 399 g/mol. The Balaban J connectivity index is 1.42. The summed E-state index contributed by atoms with van der Waals surface area (Å²) in [6.07, 6.45) is 0. The second-order valence-electron chi connectivity index (χ2n) is 6.71. The number of nitro groups is 1. The first-order valence-corrected chi connectivity index (χ1v) is 9.27. The largest absolute Gasteiger partial charge is 0.369 e. The summed E-state index contributed by atoms with van der Waals surface area (Å²) in [5.74, 6) is 0.628. The van der Waals surface area contributed by atoms with Gasteiger partial charge in [-0.2, -0.15) is 0 Å². The highest BCUT2D eigenvalue weighted by atomic mass is 35.5. The number of hydrogen-bond donors (Lipinski definition) is 1. The van der Waals surface area contributed by atoms with Crippen molar-refractivity contribution < 1.29 is 4.92 Å². The Hall–Kier alpha value is -2.97. The zero-order valence-electron chi connectivity index (χ0n) is 15.0. The highest BCUT2D eigenvalue weighted by Gasteiger charge is 2.19. The van der Waals surface area contributed by atoms with Crippen LogP contribution < -0.4 is 10.5 Å². The van der Waals surface area contributed by atoms with E-state index in [9.17, 15) is 14.9 Å². The predicted octanol–water partition coefficient (Wildman–Crippen LogP) is 2.81. The van der Waals surface area contributed by atoms with Gasteiger partial charge in [0.05, 0.1) is 22.4 Å². The maximum Gasteiger partial charge on any atom is 0.269 e. The Kier molecular flexibility index (Phi) is 4.97. The number of nitrogens with zero attached hydrogens (tertiary/aromatic N) is 4. The van der Waals surface area contributed by atoms with E-state index in [1.54, 1.807) is 30.3 Å². The molecule has 0 radical (unpaired) electrons. The fourth-order valence-corrected chi connectivity index (χ4v) is 3.57. The molecule has 28 heavy (non-hydrogen) atoms. The fourth-order valence-electron chi connectivity index (χ4n) is 3.40. The molecular formula is C19H18ClN5O3. The van der Waals surface area contributed by atoms with Crippen LogP contribution in [0.15, 0.2) is 47.3 Å². The predicted molar refractivity (Wildman–Crippen MR) is 108 cm³/mol. The van der Waals surface area contributed by atoms with Gasteiger partial charge >= 0.3 is 0 Å². The van der Waals surface area contributed by atoms with Crippen LogP contribution in [0.2, 0.25) is 5.02 Å². The number of aromatic nitrogens is 2. The molecule has 1 saturated heterocycles. The van der Waals surface area contributed by atoms with Gasteiger partial charge in [-0.25, -0.2) is 4.98 Å². The van der Waals surface area contributed by atoms with E-state index in [-0.39, 0.29) is 11.2 Å². The van der Waals surface area contributed by atoms with Crippen molar-refractivity contribution in [2.75, 3.05) is 31.1 Å². The number of rotatable bonds is 4. The van der Waals surface area contributed by atoms with Crippen LogP contribution in [0.5, 0.6) is 0 Å². The standard InChI is InChI=1S/C19H18ClN5O3/c20-13-1-6-17-16(11-13)19(26)22-18(21-17)12-23-7-9-24(10-8-23)14-2-4-15(5-3-14)25(27)28/h1-6,11H,7-10,12H2,(H,21,22,26). The lowest BCUT2D eigenvalue weighted by Crippen LogP contribution is -2.46. The summed E-state index contributed by atoms with van der Waals surface area (Å²) in [5.41, 5.74) is 1.51. The maximum atomic E-state index is 12.3. The Labute approximate surface area is 165 Å². The molecule has 1 aliphatic rings. The second kappa shape index (κ2) is 7.57. The Morgan fingerprint density at radius 2 is 1.82 bits per heavy atom. The number of anilines is 1. The van der Waals surface area contributed by atoms with Crippen molar-refractivity contribution >= 4 is 33.9 Å². The lowest BCUT2D eigenvalue weighted by atomic mass is 10.2. The zero-order valence-corrected chi connectivity index (χ0v) is 15.7. The molecule has 1 aromatic heterocycles. The van der Waals surface area contributed by atoms with Crippen molar-refractivity contribution in [2.24, 2.45) is 0 Å². The molecule has 1 N–H and O–H groups in total. The molecule has 0 aliphatic carbocycles. The first-order chi connectivity index (χ1) is 13.5. The fraction of sp³-hybridized carbons (Fsp3) is 0.263. The third-order valence-corrected chi connectivity index (χ3v) is 5.12. The van der Waals surface area contributed by atoms with E-state index in [0.717, 1.165) is 31.9 Å². The van der Waals surface area contributed by atoms with Crippen molar-refractivity contribution in [1.29, 1.82) is 0 Å². The lowest BCUT2D eigenvalue weighted by molar-refractivity contribution is -0.384. The maximum absolute atomic E-state index is 12.3. The zero-order chi connectivity index (χ0) is 19.7. The molecule has 0 atom stereocenters. The van der Waals surface area contributed by atoms with Crippen LogP contribution in [0.1, 0.15) is 5.82 Å². The molecule has 144 valence electrons. The Morgan fingerprint density at radius 3 is 2.50 bits per heavy atom. The summed E-state index contributed by atoms with van der Waals surface area (Å²) in [7, 11) is 0. The average molecular weight is 400 g/mol. The van der Waals surface area contributed by atoms with E-state index in [0.29, 0.717) is 28.3 Å². The number of H-pyrrole nitrogens is 1. The average Bonchev–Trinajstić information content (AvgIpc) is 2.69. The molecule has 8 nitrogen and oxygen atoms in total. The number of piperazine rings is 1. The minimum atomic E-state index is -0.396. The van der Waals surface area contributed by atoms with Gasteiger partial charge in [0, 0.05) is 49.0 Å². The van der Waals surface area contributed by atoms with E-state index in [2.05, 4.69) is 19.8 Å². The van der Waals surface area contributed by atoms with Crippen molar-refractivity contribution in [3.05, 3.63) is 73.8 Å². The number of non-ortho nitro benzene ring substituents is 1. The molecule has 2 heterocycles. The SMILES string of the molecule is O=c1[nH]c(CN2CCN(c3ccc([N+](=O)[O-])cc3)CC2)nc2ccc(Cl)cc12. The lowest BCUT2D eigenvalue weighted by Gasteiger charge is -2.35. The van der Waals surface area contributed by atoms with Crippen LogP contribution in [0.25, 0.3) is 10.9 Å². The summed E-state index contributed by atoms with van der Waals surface area (Å²) in [6, 6.07) is 11.7. The minimum Gasteiger partial charge on any atom is -0.369 e. The van der Waals surface area contributed by atoms with E-state index in [4.69, 9.17) is 11.6 Å². The van der Waals surface area contributed by atoms with Crippen LogP contribution in [0, 0.1) is 10.1 Å². The summed E-state index contributed by atoms with van der Waals surface area (Å²) in [5, 5.41) is 11.8. The number of nitro benzene ring substituents is 1. The van der Waals surface area contributed by atoms with Gasteiger partial charge in [-0.05, 0) is 30.3 Å². The summed E-state index contributed by atoms with van der Waals surface area (Å²) < 4.78 is 0. The summed E-state index contributed by atoms with van der Waals surface area (Å²) in [6.45, 7) is 3.76. The number of hydrogen-bond acceptors (Lipinski definition) is 6. The number of benzene rings is 2. The number of halogens is 1. The number of aromatic amines is 1. The van der Waals surface area contributed by atoms with Gasteiger partial charge in [0.15, 0.2) is 0 Å². The summed E-state index contributed by atoms with van der Waals surface area (Å²) in [4.78, 5) is 34.5. The molecule has 9 heteroatoms. The van der Waals surface area contributed by atoms with E-state index >= 15 is 0 Å². The third kappa shape index (κ3) is 3.83. The first kappa shape index (κ1) is 18.4. The normalized spacial score (nSPS) is 15.1. The summed E-state index contributed by atoms with van der Waals surface area (Å²) >= 11 is 5.95. The molecule has 0 bridgehead atoms. The van der Waals surface area contributed by atoms with Gasteiger partial charge < -0.3 is 9.88 Å². The molecule has 0 spiro atoms. The molecule has 0 amide bonds. The van der Waals surface area contributed by atoms with Crippen LogP contribution in [-0.2, 0) is 6.54 Å². The van der Waals surface area contributed by atoms with Crippen LogP contribution in [-0.4, -0.2) is 46.0 Å².